The van der Waals surface area contributed by atoms with Crippen molar-refractivity contribution in [3.05, 3.63) is 118 Å². The van der Waals surface area contributed by atoms with Crippen LogP contribution in [0.25, 0.3) is 11.1 Å². The van der Waals surface area contributed by atoms with Crippen molar-refractivity contribution in [3.8, 4) is 16.9 Å². The number of rotatable bonds is 9. The van der Waals surface area contributed by atoms with Gasteiger partial charge in [-0.05, 0) is 73.4 Å². The van der Waals surface area contributed by atoms with Crippen molar-refractivity contribution in [3.63, 3.8) is 0 Å². The summed E-state index contributed by atoms with van der Waals surface area (Å²) in [6.07, 6.45) is -3.38. The van der Waals surface area contributed by atoms with E-state index in [4.69, 9.17) is 25.8 Å². The lowest BCUT2D eigenvalue weighted by Crippen LogP contribution is -2.40. The van der Waals surface area contributed by atoms with Gasteiger partial charge in [0, 0.05) is 22.7 Å². The number of fused-ring (bicyclic) bond motifs is 1. The van der Waals surface area contributed by atoms with Crippen molar-refractivity contribution in [2.45, 2.75) is 58.1 Å². The van der Waals surface area contributed by atoms with Crippen molar-refractivity contribution in [2.75, 3.05) is 12.0 Å². The number of nitrogens with one attached hydrogen (secondary N) is 1. The Bertz CT molecular complexity index is 1750. The first kappa shape index (κ1) is 33.5. The van der Waals surface area contributed by atoms with Gasteiger partial charge in [-0.2, -0.15) is 0 Å². The molecule has 2 amide bonds. The molecule has 4 aromatic rings. The van der Waals surface area contributed by atoms with Crippen LogP contribution in [0.5, 0.6) is 5.75 Å². The third kappa shape index (κ3) is 8.30. The summed E-state index contributed by atoms with van der Waals surface area (Å²) in [5.41, 5.74) is 4.63. The number of alkyl carbamates (subject to hydrolysis) is 1. The number of carboxylic acid groups (broad SMARTS) is 1. The lowest BCUT2D eigenvalue weighted by atomic mass is 9.96. The Morgan fingerprint density at radius 3 is 2.26 bits per heavy atom. The average molecular weight is 657 g/mol. The predicted octanol–water partition coefficient (Wildman–Crippen LogP) is 7.54. The molecule has 0 saturated carbocycles. The molecule has 0 bridgehead atoms. The van der Waals surface area contributed by atoms with Gasteiger partial charge in [0.15, 0.2) is 0 Å². The highest BCUT2D eigenvalue weighted by molar-refractivity contribution is 6.30. The molecule has 0 fully saturated rings. The number of amides is 2. The fraction of sp³-hybridized carbons (Fsp3) is 0.270. The smallest absolute Gasteiger partial charge is 0.407 e. The lowest BCUT2D eigenvalue weighted by molar-refractivity contribution is -0.147. The van der Waals surface area contributed by atoms with Gasteiger partial charge in [-0.15, -0.1) is 0 Å². The van der Waals surface area contributed by atoms with Gasteiger partial charge >= 0.3 is 12.1 Å². The average Bonchev–Trinajstić information content (AvgIpc) is 3.14. The zero-order valence-corrected chi connectivity index (χ0v) is 27.4. The Hall–Kier alpha value is -4.86. The molecule has 244 valence electrons. The predicted molar refractivity (Wildman–Crippen MR) is 180 cm³/mol. The number of nitrogens with zero attached hydrogens (tertiary/aromatic N) is 1. The number of methoxy groups -OCH3 is 1. The molecule has 0 aromatic heterocycles. The van der Waals surface area contributed by atoms with Crippen LogP contribution in [0.1, 0.15) is 55.5 Å². The summed E-state index contributed by atoms with van der Waals surface area (Å²) < 4.78 is 17.5. The van der Waals surface area contributed by atoms with E-state index in [0.29, 0.717) is 33.1 Å². The van der Waals surface area contributed by atoms with Crippen molar-refractivity contribution in [1.82, 2.24) is 5.32 Å². The van der Waals surface area contributed by atoms with Crippen LogP contribution >= 0.6 is 11.6 Å². The number of hydrogen-bond donors (Lipinski definition) is 2. The molecule has 2 unspecified atom stereocenters. The molecule has 0 saturated heterocycles. The van der Waals surface area contributed by atoms with Crippen molar-refractivity contribution < 1.29 is 33.7 Å². The van der Waals surface area contributed by atoms with Gasteiger partial charge < -0.3 is 29.5 Å². The van der Waals surface area contributed by atoms with E-state index in [2.05, 4.69) is 5.32 Å². The van der Waals surface area contributed by atoms with Gasteiger partial charge in [0.2, 0.25) is 0 Å². The molecule has 9 nitrogen and oxygen atoms in total. The van der Waals surface area contributed by atoms with E-state index in [-0.39, 0.29) is 13.1 Å². The largest absolute Gasteiger partial charge is 0.496 e. The quantitative estimate of drug-likeness (QED) is 0.191. The van der Waals surface area contributed by atoms with Crippen LogP contribution in [0.15, 0.2) is 91.0 Å². The number of aliphatic carboxylic acids is 1. The van der Waals surface area contributed by atoms with E-state index in [0.717, 1.165) is 16.7 Å². The Labute approximate surface area is 279 Å². The zero-order chi connectivity index (χ0) is 33.7. The summed E-state index contributed by atoms with van der Waals surface area (Å²) in [6.45, 7) is 5.65. The van der Waals surface area contributed by atoms with Crippen LogP contribution in [0.2, 0.25) is 5.02 Å². The number of hydrogen-bond acceptors (Lipinski definition) is 6. The fourth-order valence-electron chi connectivity index (χ4n) is 5.47. The highest BCUT2D eigenvalue weighted by Crippen LogP contribution is 2.43. The number of carboxylic acids is 1. The minimum atomic E-state index is -1.32. The summed E-state index contributed by atoms with van der Waals surface area (Å²) in [5, 5.41) is 13.0. The van der Waals surface area contributed by atoms with E-state index >= 15 is 0 Å². The summed E-state index contributed by atoms with van der Waals surface area (Å²) >= 11 is 6.52. The molecule has 2 atom stereocenters. The summed E-state index contributed by atoms with van der Waals surface area (Å²) in [7, 11) is 1.51. The van der Waals surface area contributed by atoms with E-state index in [1.807, 2.05) is 54.6 Å². The maximum atomic E-state index is 14.1. The van der Waals surface area contributed by atoms with Crippen LogP contribution < -0.4 is 15.0 Å². The standard InChI is InChI=1S/C37H37ClN2O7/c1-37(2,3)47-36(44)39-21-24-12-17-31(45-4)29(18-24)34-28-19-27(38)15-16-30(28)40(35(43)32(46-34)20-33(41)42)22-23-10-13-26(14-11-23)25-8-6-5-7-9-25/h5-19,32,34H,20-22H2,1-4H3,(H,39,44)(H,41,42). The monoisotopic (exact) mass is 656 g/mol. The highest BCUT2D eigenvalue weighted by Gasteiger charge is 2.39. The Kier molecular flexibility index (Phi) is 10.2. The Morgan fingerprint density at radius 1 is 0.915 bits per heavy atom. The van der Waals surface area contributed by atoms with Gasteiger partial charge in [-0.1, -0.05) is 72.3 Å². The van der Waals surface area contributed by atoms with Gasteiger partial charge in [-0.25, -0.2) is 4.79 Å². The molecular weight excluding hydrogens is 620 g/mol. The van der Waals surface area contributed by atoms with E-state index in [9.17, 15) is 19.5 Å². The second kappa shape index (κ2) is 14.3. The first-order valence-electron chi connectivity index (χ1n) is 15.2. The fourth-order valence-corrected chi connectivity index (χ4v) is 5.65. The van der Waals surface area contributed by atoms with E-state index in [1.54, 1.807) is 62.1 Å². The van der Waals surface area contributed by atoms with E-state index < -0.39 is 42.2 Å². The van der Waals surface area contributed by atoms with Crippen LogP contribution in [0.3, 0.4) is 0 Å². The summed E-state index contributed by atoms with van der Waals surface area (Å²) in [5.74, 6) is -1.22. The molecule has 1 aliphatic rings. The Balaban J connectivity index is 1.54. The number of carbonyl (C=O) groups excluding carboxylic acids is 2. The molecule has 4 aromatic carbocycles. The van der Waals surface area contributed by atoms with E-state index in [1.165, 1.54) is 7.11 Å². The molecule has 10 heteroatoms. The second-order valence-electron chi connectivity index (χ2n) is 12.2. The van der Waals surface area contributed by atoms with Crippen LogP contribution in [0.4, 0.5) is 10.5 Å². The minimum absolute atomic E-state index is 0.142. The highest BCUT2D eigenvalue weighted by atomic mass is 35.5. The van der Waals surface area contributed by atoms with Crippen LogP contribution in [0, 0.1) is 0 Å². The molecule has 1 aliphatic heterocycles. The molecule has 0 radical (unpaired) electrons. The minimum Gasteiger partial charge on any atom is -0.496 e. The maximum absolute atomic E-state index is 14.1. The van der Waals surface area contributed by atoms with Gasteiger partial charge in [0.1, 0.15) is 23.6 Å². The topological polar surface area (TPSA) is 114 Å². The number of benzene rings is 4. The second-order valence-corrected chi connectivity index (χ2v) is 12.7. The molecular formula is C37H37ClN2O7. The number of anilines is 1. The van der Waals surface area contributed by atoms with Crippen molar-refractivity contribution in [1.29, 1.82) is 0 Å². The summed E-state index contributed by atoms with van der Waals surface area (Å²) in [4.78, 5) is 40.0. The first-order chi connectivity index (χ1) is 22.4. The normalized spacial score (nSPS) is 16.2. The molecule has 0 spiro atoms. The third-order valence-electron chi connectivity index (χ3n) is 7.58. The molecule has 47 heavy (non-hydrogen) atoms. The lowest BCUT2D eigenvalue weighted by Gasteiger charge is -2.25. The SMILES string of the molecule is COc1ccc(CNC(=O)OC(C)(C)C)cc1C1OC(CC(=O)O)C(=O)N(Cc2ccc(-c3ccccc3)cc2)c2ccc(Cl)cc21. The first-order valence-corrected chi connectivity index (χ1v) is 15.6. The van der Waals surface area contributed by atoms with Gasteiger partial charge in [0.25, 0.3) is 5.91 Å². The Morgan fingerprint density at radius 2 is 1.60 bits per heavy atom. The van der Waals surface area contributed by atoms with Crippen molar-refractivity contribution >= 4 is 35.3 Å². The van der Waals surface area contributed by atoms with Gasteiger partial charge in [-0.3, -0.25) is 9.59 Å². The maximum Gasteiger partial charge on any atom is 0.407 e. The molecule has 0 aliphatic carbocycles. The van der Waals surface area contributed by atoms with Gasteiger partial charge in [0.05, 0.1) is 25.8 Å². The zero-order valence-electron chi connectivity index (χ0n) is 26.7. The molecule has 5 rings (SSSR count). The summed E-state index contributed by atoms with van der Waals surface area (Å²) in [6, 6.07) is 28.3. The third-order valence-corrected chi connectivity index (χ3v) is 7.81. The number of halogens is 1. The van der Waals surface area contributed by atoms with Crippen LogP contribution in [-0.4, -0.2) is 41.9 Å². The number of carbonyl (C=O) groups is 3. The number of ether oxygens (including phenoxy) is 3. The van der Waals surface area contributed by atoms with Crippen LogP contribution in [-0.2, 0) is 32.2 Å². The molecule has 1 heterocycles. The molecule has 2 N–H and O–H groups in total. The van der Waals surface area contributed by atoms with Crippen molar-refractivity contribution in [2.24, 2.45) is 0 Å².